The Morgan fingerprint density at radius 1 is 1.24 bits per heavy atom. The summed E-state index contributed by atoms with van der Waals surface area (Å²) in [6.07, 6.45) is 1.03. The highest BCUT2D eigenvalue weighted by Crippen LogP contribution is 2.23. The standard InChI is InChI=1S/C15H14BrNO3S/c1-20-15(19)11-4-2-3-5-12(11)17-14(18)9-7-10-6-8-13(16)21-10/h2-6,8H,7,9H2,1H3,(H,17,18). The normalized spacial score (nSPS) is 10.2. The van der Waals surface area contributed by atoms with Crippen LogP contribution in [0.4, 0.5) is 5.69 Å². The van der Waals surface area contributed by atoms with Crippen LogP contribution in [0, 0.1) is 0 Å². The molecule has 0 aliphatic heterocycles. The van der Waals surface area contributed by atoms with E-state index in [1.165, 1.54) is 7.11 Å². The van der Waals surface area contributed by atoms with Crippen molar-refractivity contribution in [1.82, 2.24) is 0 Å². The molecule has 1 heterocycles. The molecule has 0 aliphatic rings. The molecule has 1 N–H and O–H groups in total. The van der Waals surface area contributed by atoms with Crippen LogP contribution in [0.1, 0.15) is 21.7 Å². The number of aryl methyl sites for hydroxylation is 1. The Labute approximate surface area is 135 Å². The molecule has 2 aromatic rings. The SMILES string of the molecule is COC(=O)c1ccccc1NC(=O)CCc1ccc(Br)s1. The van der Waals surface area contributed by atoms with Gasteiger partial charge >= 0.3 is 5.97 Å². The van der Waals surface area contributed by atoms with Crippen molar-refractivity contribution in [2.75, 3.05) is 12.4 Å². The number of ether oxygens (including phenoxy) is 1. The van der Waals surface area contributed by atoms with E-state index < -0.39 is 5.97 Å². The highest BCUT2D eigenvalue weighted by molar-refractivity contribution is 9.11. The van der Waals surface area contributed by atoms with Crippen LogP contribution in [0.15, 0.2) is 40.2 Å². The number of amides is 1. The summed E-state index contributed by atoms with van der Waals surface area (Å²) in [5, 5.41) is 2.76. The number of carbonyl (C=O) groups is 2. The zero-order chi connectivity index (χ0) is 15.2. The second kappa shape index (κ2) is 7.38. The van der Waals surface area contributed by atoms with E-state index in [4.69, 9.17) is 4.74 Å². The van der Waals surface area contributed by atoms with Gasteiger partial charge in [-0.25, -0.2) is 4.79 Å². The Kier molecular flexibility index (Phi) is 5.52. The zero-order valence-electron chi connectivity index (χ0n) is 11.4. The molecule has 6 heteroatoms. The molecule has 0 atom stereocenters. The van der Waals surface area contributed by atoms with E-state index in [1.54, 1.807) is 35.6 Å². The molecular formula is C15H14BrNO3S. The van der Waals surface area contributed by atoms with Gasteiger partial charge in [0.2, 0.25) is 5.91 Å². The summed E-state index contributed by atoms with van der Waals surface area (Å²) in [4.78, 5) is 24.7. The maximum absolute atomic E-state index is 12.0. The molecule has 0 bridgehead atoms. The summed E-state index contributed by atoms with van der Waals surface area (Å²) in [6.45, 7) is 0. The van der Waals surface area contributed by atoms with E-state index >= 15 is 0 Å². The average molecular weight is 368 g/mol. The number of para-hydroxylation sites is 1. The summed E-state index contributed by atoms with van der Waals surface area (Å²) in [7, 11) is 1.32. The fourth-order valence-electron chi connectivity index (χ4n) is 1.82. The number of nitrogens with one attached hydrogen (secondary N) is 1. The number of carbonyl (C=O) groups excluding carboxylic acids is 2. The fraction of sp³-hybridized carbons (Fsp3) is 0.200. The molecular weight excluding hydrogens is 354 g/mol. The summed E-state index contributed by atoms with van der Waals surface area (Å²) in [5.74, 6) is -0.594. The highest BCUT2D eigenvalue weighted by Gasteiger charge is 2.13. The van der Waals surface area contributed by atoms with Gasteiger partial charge in [0.1, 0.15) is 0 Å². The summed E-state index contributed by atoms with van der Waals surface area (Å²) in [5.41, 5.74) is 0.828. The third kappa shape index (κ3) is 4.41. The topological polar surface area (TPSA) is 55.4 Å². The number of anilines is 1. The van der Waals surface area contributed by atoms with Crippen LogP contribution >= 0.6 is 27.3 Å². The van der Waals surface area contributed by atoms with E-state index in [-0.39, 0.29) is 5.91 Å². The van der Waals surface area contributed by atoms with Crippen molar-refractivity contribution < 1.29 is 14.3 Å². The molecule has 110 valence electrons. The van der Waals surface area contributed by atoms with Gasteiger partial charge in [-0.3, -0.25) is 4.79 Å². The van der Waals surface area contributed by atoms with Gasteiger partial charge in [0.15, 0.2) is 0 Å². The molecule has 0 fully saturated rings. The largest absolute Gasteiger partial charge is 0.465 e. The van der Waals surface area contributed by atoms with Gasteiger partial charge in [-0.1, -0.05) is 12.1 Å². The highest BCUT2D eigenvalue weighted by atomic mass is 79.9. The van der Waals surface area contributed by atoms with Crippen LogP contribution in [0.5, 0.6) is 0 Å². The lowest BCUT2D eigenvalue weighted by atomic mass is 10.1. The molecule has 4 nitrogen and oxygen atoms in total. The van der Waals surface area contributed by atoms with E-state index in [1.807, 2.05) is 12.1 Å². The Balaban J connectivity index is 1.98. The first kappa shape index (κ1) is 15.7. The Bertz CT molecular complexity index is 654. The molecule has 21 heavy (non-hydrogen) atoms. The second-order valence-electron chi connectivity index (χ2n) is 4.29. The number of rotatable bonds is 5. The third-order valence-corrected chi connectivity index (χ3v) is 4.52. The molecule has 2 rings (SSSR count). The molecule has 0 spiro atoms. The number of thiophene rings is 1. The molecule has 0 saturated heterocycles. The molecule has 1 aromatic carbocycles. The van der Waals surface area contributed by atoms with Gasteiger partial charge in [-0.15, -0.1) is 11.3 Å². The van der Waals surface area contributed by atoms with Crippen molar-refractivity contribution in [1.29, 1.82) is 0 Å². The number of halogens is 1. The minimum Gasteiger partial charge on any atom is -0.465 e. The number of hydrogen-bond donors (Lipinski definition) is 1. The molecule has 0 radical (unpaired) electrons. The van der Waals surface area contributed by atoms with Crippen molar-refractivity contribution in [2.45, 2.75) is 12.8 Å². The quantitative estimate of drug-likeness (QED) is 0.816. The van der Waals surface area contributed by atoms with Gasteiger partial charge in [0.25, 0.3) is 0 Å². The molecule has 1 aromatic heterocycles. The number of esters is 1. The summed E-state index contributed by atoms with van der Waals surface area (Å²) in [6, 6.07) is 10.8. The number of hydrogen-bond acceptors (Lipinski definition) is 4. The Morgan fingerprint density at radius 3 is 2.67 bits per heavy atom. The van der Waals surface area contributed by atoms with Gasteiger partial charge in [-0.05, 0) is 46.6 Å². The van der Waals surface area contributed by atoms with Crippen LogP contribution in [-0.4, -0.2) is 19.0 Å². The summed E-state index contributed by atoms with van der Waals surface area (Å²) < 4.78 is 5.75. The molecule has 1 amide bonds. The first-order chi connectivity index (χ1) is 10.1. The first-order valence-electron chi connectivity index (χ1n) is 6.31. The minimum absolute atomic E-state index is 0.129. The van der Waals surface area contributed by atoms with Gasteiger partial charge in [0, 0.05) is 11.3 Å². The third-order valence-electron chi connectivity index (χ3n) is 2.83. The first-order valence-corrected chi connectivity index (χ1v) is 7.92. The predicted molar refractivity (Wildman–Crippen MR) is 86.8 cm³/mol. The van der Waals surface area contributed by atoms with E-state index in [2.05, 4.69) is 21.2 Å². The lowest BCUT2D eigenvalue weighted by molar-refractivity contribution is -0.116. The molecule has 0 aliphatic carbocycles. The Morgan fingerprint density at radius 2 is 2.00 bits per heavy atom. The van der Waals surface area contributed by atoms with Crippen molar-refractivity contribution >= 4 is 44.8 Å². The van der Waals surface area contributed by atoms with Gasteiger partial charge in [0.05, 0.1) is 22.1 Å². The second-order valence-corrected chi connectivity index (χ2v) is 6.84. The maximum Gasteiger partial charge on any atom is 0.339 e. The van der Waals surface area contributed by atoms with Gasteiger partial charge < -0.3 is 10.1 Å². The average Bonchev–Trinajstić information content (AvgIpc) is 2.90. The lowest BCUT2D eigenvalue weighted by Gasteiger charge is -2.09. The van der Waals surface area contributed by atoms with E-state index in [0.29, 0.717) is 24.1 Å². The maximum atomic E-state index is 12.0. The van der Waals surface area contributed by atoms with Crippen LogP contribution in [0.25, 0.3) is 0 Å². The van der Waals surface area contributed by atoms with Crippen molar-refractivity contribution in [2.24, 2.45) is 0 Å². The van der Waals surface area contributed by atoms with Crippen LogP contribution in [0.3, 0.4) is 0 Å². The fourth-order valence-corrected chi connectivity index (χ4v) is 3.30. The molecule has 0 saturated carbocycles. The summed E-state index contributed by atoms with van der Waals surface area (Å²) >= 11 is 5.00. The number of benzene rings is 1. The van der Waals surface area contributed by atoms with Crippen LogP contribution in [-0.2, 0) is 16.0 Å². The smallest absolute Gasteiger partial charge is 0.339 e. The van der Waals surface area contributed by atoms with Gasteiger partial charge in [-0.2, -0.15) is 0 Å². The van der Waals surface area contributed by atoms with Crippen molar-refractivity contribution in [3.05, 3.63) is 50.6 Å². The van der Waals surface area contributed by atoms with Crippen molar-refractivity contribution in [3.63, 3.8) is 0 Å². The minimum atomic E-state index is -0.465. The van der Waals surface area contributed by atoms with E-state index in [0.717, 1.165) is 8.66 Å². The predicted octanol–water partition coefficient (Wildman–Crippen LogP) is 3.87. The number of methoxy groups -OCH3 is 1. The molecule has 0 unspecified atom stereocenters. The van der Waals surface area contributed by atoms with Crippen molar-refractivity contribution in [3.8, 4) is 0 Å². The van der Waals surface area contributed by atoms with Crippen LogP contribution in [0.2, 0.25) is 0 Å². The zero-order valence-corrected chi connectivity index (χ0v) is 13.8. The van der Waals surface area contributed by atoms with E-state index in [9.17, 15) is 9.59 Å². The monoisotopic (exact) mass is 367 g/mol. The van der Waals surface area contributed by atoms with Crippen LogP contribution < -0.4 is 5.32 Å². The Hall–Kier alpha value is -1.66. The lowest BCUT2D eigenvalue weighted by Crippen LogP contribution is -2.15.